The number of para-hydroxylation sites is 1. The molecule has 1 amide bonds. The first kappa shape index (κ1) is 22.2. The van der Waals surface area contributed by atoms with Crippen LogP contribution in [0.3, 0.4) is 0 Å². The lowest BCUT2D eigenvalue weighted by Crippen LogP contribution is -2.45. The summed E-state index contributed by atoms with van der Waals surface area (Å²) in [6.07, 6.45) is 4.38. The molecule has 5 heteroatoms. The molecule has 1 N–H and O–H groups in total. The minimum Gasteiger partial charge on any atom is -0.493 e. The van der Waals surface area contributed by atoms with Gasteiger partial charge in [-0.1, -0.05) is 48.5 Å². The van der Waals surface area contributed by atoms with Gasteiger partial charge in [0.25, 0.3) is 0 Å². The first-order valence-corrected chi connectivity index (χ1v) is 11.4. The number of carbonyl (C=O) groups excluding carboxylic acids is 1. The van der Waals surface area contributed by atoms with Gasteiger partial charge in [-0.15, -0.1) is 0 Å². The molecule has 1 aliphatic heterocycles. The molecular weight excluding hydrogens is 398 g/mol. The standard InChI is InChI=1S/C27H33N3O2/c1-29(20-23-9-4-2-5-10-23)26(31)19-27(22-32-25-12-6-3-7-13-25)14-17-30(18-15-27)21-24-11-8-16-28-24/h2-13,16,28H,14-15,17-22H2,1H3. The van der Waals surface area contributed by atoms with E-state index in [-0.39, 0.29) is 11.3 Å². The van der Waals surface area contributed by atoms with Crippen molar-refractivity contribution < 1.29 is 9.53 Å². The van der Waals surface area contributed by atoms with Gasteiger partial charge >= 0.3 is 0 Å². The Balaban J connectivity index is 1.40. The number of nitrogens with one attached hydrogen (secondary N) is 1. The molecule has 0 saturated carbocycles. The number of H-pyrrole nitrogens is 1. The molecule has 1 saturated heterocycles. The van der Waals surface area contributed by atoms with Gasteiger partial charge in [0.2, 0.25) is 5.91 Å². The molecule has 0 bridgehead atoms. The van der Waals surface area contributed by atoms with E-state index in [1.54, 1.807) is 0 Å². The highest BCUT2D eigenvalue weighted by atomic mass is 16.5. The zero-order valence-corrected chi connectivity index (χ0v) is 18.9. The number of carbonyl (C=O) groups is 1. The average molecular weight is 432 g/mol. The summed E-state index contributed by atoms with van der Waals surface area (Å²) in [5, 5.41) is 0. The molecule has 0 aliphatic carbocycles. The molecule has 5 nitrogen and oxygen atoms in total. The van der Waals surface area contributed by atoms with Crippen LogP contribution in [0.4, 0.5) is 0 Å². The summed E-state index contributed by atoms with van der Waals surface area (Å²) >= 11 is 0. The van der Waals surface area contributed by atoms with Crippen LogP contribution in [0.15, 0.2) is 79.0 Å². The number of likely N-dealkylation sites (tertiary alicyclic amines) is 1. The van der Waals surface area contributed by atoms with E-state index in [2.05, 4.69) is 28.1 Å². The first-order valence-electron chi connectivity index (χ1n) is 11.4. The van der Waals surface area contributed by atoms with E-state index < -0.39 is 0 Å². The fourth-order valence-corrected chi connectivity index (χ4v) is 4.42. The maximum Gasteiger partial charge on any atom is 0.223 e. The van der Waals surface area contributed by atoms with Crippen LogP contribution in [-0.4, -0.2) is 47.4 Å². The predicted octanol–water partition coefficient (Wildman–Crippen LogP) is 4.72. The predicted molar refractivity (Wildman–Crippen MR) is 127 cm³/mol. The minimum atomic E-state index is -0.149. The second-order valence-electron chi connectivity index (χ2n) is 8.99. The summed E-state index contributed by atoms with van der Waals surface area (Å²) in [5.41, 5.74) is 2.24. The van der Waals surface area contributed by atoms with Gasteiger partial charge in [-0.2, -0.15) is 0 Å². The van der Waals surface area contributed by atoms with Gasteiger partial charge in [0, 0.05) is 43.9 Å². The molecule has 1 aliphatic rings. The quantitative estimate of drug-likeness (QED) is 0.533. The maximum absolute atomic E-state index is 13.2. The number of amides is 1. The largest absolute Gasteiger partial charge is 0.493 e. The van der Waals surface area contributed by atoms with Crippen molar-refractivity contribution in [2.24, 2.45) is 5.41 Å². The van der Waals surface area contributed by atoms with Gasteiger partial charge in [0.05, 0.1) is 6.61 Å². The van der Waals surface area contributed by atoms with Gasteiger partial charge < -0.3 is 14.6 Å². The SMILES string of the molecule is CN(Cc1ccccc1)C(=O)CC1(COc2ccccc2)CCN(Cc2ccc[nH]2)CC1. The van der Waals surface area contributed by atoms with Crippen LogP contribution in [0.5, 0.6) is 5.75 Å². The van der Waals surface area contributed by atoms with Crippen LogP contribution in [0.1, 0.15) is 30.5 Å². The second-order valence-corrected chi connectivity index (χ2v) is 8.99. The summed E-state index contributed by atoms with van der Waals surface area (Å²) in [6, 6.07) is 24.3. The second kappa shape index (κ2) is 10.5. The van der Waals surface area contributed by atoms with Crippen LogP contribution >= 0.6 is 0 Å². The van der Waals surface area contributed by atoms with Crippen molar-refractivity contribution in [1.82, 2.24) is 14.8 Å². The van der Waals surface area contributed by atoms with Gasteiger partial charge in [0.15, 0.2) is 0 Å². The molecule has 2 aromatic carbocycles. The molecule has 0 atom stereocenters. The molecule has 4 rings (SSSR count). The third kappa shape index (κ3) is 6.01. The topological polar surface area (TPSA) is 48.6 Å². The Morgan fingerprint density at radius 1 is 1.00 bits per heavy atom. The smallest absolute Gasteiger partial charge is 0.223 e. The number of ether oxygens (including phenoxy) is 1. The molecule has 0 radical (unpaired) electrons. The number of aromatic amines is 1. The normalized spacial score (nSPS) is 15.9. The van der Waals surface area contributed by atoms with Crippen LogP contribution < -0.4 is 4.74 Å². The number of hydrogen-bond acceptors (Lipinski definition) is 3. The van der Waals surface area contributed by atoms with E-state index in [1.165, 1.54) is 5.69 Å². The zero-order chi connectivity index (χ0) is 22.2. The summed E-state index contributed by atoms with van der Waals surface area (Å²) in [5.74, 6) is 1.05. The van der Waals surface area contributed by atoms with Crippen LogP contribution in [-0.2, 0) is 17.9 Å². The molecule has 32 heavy (non-hydrogen) atoms. The molecule has 0 unspecified atom stereocenters. The molecular formula is C27H33N3O2. The highest BCUT2D eigenvalue weighted by Crippen LogP contribution is 2.37. The maximum atomic E-state index is 13.2. The number of rotatable bonds is 9. The van der Waals surface area contributed by atoms with Crippen molar-refractivity contribution in [3.05, 3.63) is 90.3 Å². The Hall–Kier alpha value is -3.05. The van der Waals surface area contributed by atoms with Gasteiger partial charge in [0.1, 0.15) is 5.75 Å². The molecule has 1 aromatic heterocycles. The van der Waals surface area contributed by atoms with E-state index in [9.17, 15) is 4.79 Å². The lowest BCUT2D eigenvalue weighted by atomic mass is 9.75. The summed E-state index contributed by atoms with van der Waals surface area (Å²) in [4.78, 5) is 20.8. The van der Waals surface area contributed by atoms with Crippen molar-refractivity contribution in [3.8, 4) is 5.75 Å². The number of nitrogens with zero attached hydrogens (tertiary/aromatic N) is 2. The van der Waals surface area contributed by atoms with Gasteiger partial charge in [-0.3, -0.25) is 9.69 Å². The Kier molecular flexibility index (Phi) is 7.28. The molecule has 1 fully saturated rings. The van der Waals surface area contributed by atoms with E-state index in [0.717, 1.165) is 43.8 Å². The molecule has 2 heterocycles. The van der Waals surface area contributed by atoms with Crippen molar-refractivity contribution in [1.29, 1.82) is 0 Å². The molecule has 3 aromatic rings. The number of piperidine rings is 1. The Morgan fingerprint density at radius 3 is 2.34 bits per heavy atom. The summed E-state index contributed by atoms with van der Waals surface area (Å²) in [6.45, 7) is 4.05. The van der Waals surface area contributed by atoms with E-state index in [4.69, 9.17) is 4.74 Å². The van der Waals surface area contributed by atoms with Crippen LogP contribution in [0.2, 0.25) is 0 Å². The lowest BCUT2D eigenvalue weighted by Gasteiger charge is -2.41. The Morgan fingerprint density at radius 2 is 1.69 bits per heavy atom. The fourth-order valence-electron chi connectivity index (χ4n) is 4.42. The van der Waals surface area contributed by atoms with E-state index in [1.807, 2.05) is 72.7 Å². The molecule has 168 valence electrons. The van der Waals surface area contributed by atoms with Crippen molar-refractivity contribution in [2.45, 2.75) is 32.4 Å². The van der Waals surface area contributed by atoms with E-state index >= 15 is 0 Å². The zero-order valence-electron chi connectivity index (χ0n) is 18.9. The highest BCUT2D eigenvalue weighted by molar-refractivity contribution is 5.76. The lowest BCUT2D eigenvalue weighted by molar-refractivity contribution is -0.134. The Labute approximate surface area is 191 Å². The van der Waals surface area contributed by atoms with Crippen molar-refractivity contribution in [3.63, 3.8) is 0 Å². The Bertz CT molecular complexity index is 949. The van der Waals surface area contributed by atoms with Crippen molar-refractivity contribution in [2.75, 3.05) is 26.7 Å². The number of aromatic nitrogens is 1. The summed E-state index contributed by atoms with van der Waals surface area (Å²) in [7, 11) is 1.90. The fraction of sp³-hybridized carbons (Fsp3) is 0.370. The average Bonchev–Trinajstić information content (AvgIpc) is 3.34. The number of hydrogen-bond donors (Lipinski definition) is 1. The van der Waals surface area contributed by atoms with E-state index in [0.29, 0.717) is 19.6 Å². The van der Waals surface area contributed by atoms with Crippen molar-refractivity contribution >= 4 is 5.91 Å². The number of benzene rings is 2. The van der Waals surface area contributed by atoms with Crippen LogP contribution in [0, 0.1) is 5.41 Å². The molecule has 0 spiro atoms. The highest BCUT2D eigenvalue weighted by Gasteiger charge is 2.38. The third-order valence-electron chi connectivity index (χ3n) is 6.48. The minimum absolute atomic E-state index is 0.149. The summed E-state index contributed by atoms with van der Waals surface area (Å²) < 4.78 is 6.19. The third-order valence-corrected chi connectivity index (χ3v) is 6.48. The van der Waals surface area contributed by atoms with Gasteiger partial charge in [-0.05, 0) is 55.8 Å². The first-order chi connectivity index (χ1) is 15.6. The van der Waals surface area contributed by atoms with Crippen LogP contribution in [0.25, 0.3) is 0 Å². The monoisotopic (exact) mass is 431 g/mol. The van der Waals surface area contributed by atoms with Gasteiger partial charge in [-0.25, -0.2) is 0 Å².